The minimum atomic E-state index is 0.547. The molecule has 2 unspecified atom stereocenters. The zero-order chi connectivity index (χ0) is 11.5. The monoisotopic (exact) mass is 239 g/mol. The maximum absolute atomic E-state index is 6.05. The van der Waals surface area contributed by atoms with Gasteiger partial charge in [-0.25, -0.2) is 9.97 Å². The van der Waals surface area contributed by atoms with Crippen LogP contribution in [0.5, 0.6) is 0 Å². The molecule has 1 N–H and O–H groups in total. The molecule has 0 aliphatic heterocycles. The zero-order valence-corrected chi connectivity index (χ0v) is 10.6. The van der Waals surface area contributed by atoms with E-state index in [4.69, 9.17) is 11.6 Å². The van der Waals surface area contributed by atoms with E-state index in [-0.39, 0.29) is 0 Å². The summed E-state index contributed by atoms with van der Waals surface area (Å²) in [7, 11) is 0. The molecule has 1 heterocycles. The third-order valence-electron chi connectivity index (χ3n) is 3.28. The molecule has 88 valence electrons. The van der Waals surface area contributed by atoms with Crippen LogP contribution in [0.1, 0.15) is 38.7 Å². The van der Waals surface area contributed by atoms with E-state index in [9.17, 15) is 0 Å². The fourth-order valence-electron chi connectivity index (χ4n) is 2.36. The van der Waals surface area contributed by atoms with Crippen molar-refractivity contribution in [2.45, 2.75) is 45.6 Å². The fraction of sp³-hybridized carbons (Fsp3) is 0.667. The summed E-state index contributed by atoms with van der Waals surface area (Å²) in [5, 5.41) is 4.07. The number of nitrogens with one attached hydrogen (secondary N) is 1. The Labute approximate surface area is 102 Å². The molecular weight excluding hydrogens is 222 g/mol. The molecular formula is C12H18ClN3. The van der Waals surface area contributed by atoms with Crippen LogP contribution in [0.2, 0.25) is 5.15 Å². The van der Waals surface area contributed by atoms with Crippen molar-refractivity contribution in [3.05, 3.63) is 17.0 Å². The van der Waals surface area contributed by atoms with Crippen molar-refractivity contribution >= 4 is 17.4 Å². The highest BCUT2D eigenvalue weighted by Gasteiger charge is 2.22. The Bertz CT molecular complexity index is 367. The molecule has 1 aliphatic carbocycles. The molecule has 0 saturated heterocycles. The largest absolute Gasteiger partial charge is 0.367 e. The van der Waals surface area contributed by atoms with E-state index in [1.807, 2.05) is 0 Å². The number of aromatic nitrogens is 2. The van der Waals surface area contributed by atoms with Crippen molar-refractivity contribution in [3.8, 4) is 0 Å². The minimum absolute atomic E-state index is 0.547. The summed E-state index contributed by atoms with van der Waals surface area (Å²) in [6, 6.07) is 0.547. The van der Waals surface area contributed by atoms with Crippen molar-refractivity contribution in [1.29, 1.82) is 0 Å². The van der Waals surface area contributed by atoms with Gasteiger partial charge in [-0.3, -0.25) is 0 Å². The van der Waals surface area contributed by atoms with Gasteiger partial charge in [0.1, 0.15) is 17.3 Å². The normalized spacial score (nSPS) is 24.7. The minimum Gasteiger partial charge on any atom is -0.367 e. The van der Waals surface area contributed by atoms with Gasteiger partial charge in [0.25, 0.3) is 0 Å². The Hall–Kier alpha value is -0.830. The van der Waals surface area contributed by atoms with Gasteiger partial charge in [0.2, 0.25) is 0 Å². The van der Waals surface area contributed by atoms with Crippen LogP contribution in [-0.2, 0) is 6.42 Å². The van der Waals surface area contributed by atoms with Crippen LogP contribution in [0.4, 0.5) is 5.82 Å². The fourth-order valence-corrected chi connectivity index (χ4v) is 2.63. The molecule has 1 aromatic rings. The van der Waals surface area contributed by atoms with Crippen LogP contribution in [0.15, 0.2) is 6.33 Å². The van der Waals surface area contributed by atoms with Crippen LogP contribution >= 0.6 is 11.6 Å². The van der Waals surface area contributed by atoms with Gasteiger partial charge in [0.05, 0.1) is 0 Å². The molecule has 2 atom stereocenters. The Morgan fingerprint density at radius 1 is 1.44 bits per heavy atom. The molecule has 1 aromatic heterocycles. The Kier molecular flexibility index (Phi) is 3.64. The zero-order valence-electron chi connectivity index (χ0n) is 9.83. The molecule has 0 bridgehead atoms. The molecule has 1 fully saturated rings. The molecule has 0 aromatic carbocycles. The van der Waals surface area contributed by atoms with Gasteiger partial charge in [-0.15, -0.1) is 0 Å². The van der Waals surface area contributed by atoms with Gasteiger partial charge in [-0.05, 0) is 31.6 Å². The van der Waals surface area contributed by atoms with Gasteiger partial charge in [0, 0.05) is 11.6 Å². The molecule has 4 heteroatoms. The highest BCUT2D eigenvalue weighted by atomic mass is 35.5. The summed E-state index contributed by atoms with van der Waals surface area (Å²) in [6.07, 6.45) is 6.15. The van der Waals surface area contributed by atoms with Gasteiger partial charge in [-0.2, -0.15) is 0 Å². The van der Waals surface area contributed by atoms with Crippen molar-refractivity contribution in [3.63, 3.8) is 0 Å². The Balaban J connectivity index is 2.12. The van der Waals surface area contributed by atoms with Crippen LogP contribution in [0.3, 0.4) is 0 Å². The topological polar surface area (TPSA) is 37.8 Å². The maximum atomic E-state index is 6.05. The lowest BCUT2D eigenvalue weighted by atomic mass is 10.1. The first kappa shape index (κ1) is 11.6. The average Bonchev–Trinajstić information content (AvgIpc) is 2.64. The van der Waals surface area contributed by atoms with Crippen molar-refractivity contribution in [2.75, 3.05) is 5.32 Å². The van der Waals surface area contributed by atoms with Crippen molar-refractivity contribution in [1.82, 2.24) is 9.97 Å². The van der Waals surface area contributed by atoms with Crippen LogP contribution < -0.4 is 5.32 Å². The highest BCUT2D eigenvalue weighted by molar-refractivity contribution is 6.30. The number of rotatable bonds is 3. The van der Waals surface area contributed by atoms with Crippen LogP contribution in [0, 0.1) is 5.92 Å². The molecule has 0 amide bonds. The first-order valence-electron chi connectivity index (χ1n) is 5.96. The molecule has 0 spiro atoms. The summed E-state index contributed by atoms with van der Waals surface area (Å²) < 4.78 is 0. The quantitative estimate of drug-likeness (QED) is 0.823. The number of anilines is 1. The summed E-state index contributed by atoms with van der Waals surface area (Å²) in [4.78, 5) is 8.31. The van der Waals surface area contributed by atoms with Crippen molar-refractivity contribution in [2.24, 2.45) is 5.92 Å². The number of hydrogen-bond donors (Lipinski definition) is 1. The molecule has 1 aliphatic rings. The van der Waals surface area contributed by atoms with E-state index >= 15 is 0 Å². The second-order valence-corrected chi connectivity index (χ2v) is 4.96. The second-order valence-electron chi connectivity index (χ2n) is 4.60. The van der Waals surface area contributed by atoms with Crippen LogP contribution in [0.25, 0.3) is 0 Å². The SMILES string of the molecule is CCc1c(Cl)ncnc1NC1CCC(C)C1. The van der Waals surface area contributed by atoms with Crippen molar-refractivity contribution < 1.29 is 0 Å². The molecule has 0 radical (unpaired) electrons. The average molecular weight is 240 g/mol. The third kappa shape index (κ3) is 2.46. The Morgan fingerprint density at radius 3 is 2.88 bits per heavy atom. The van der Waals surface area contributed by atoms with E-state index in [1.165, 1.54) is 25.6 Å². The van der Waals surface area contributed by atoms with E-state index in [2.05, 4.69) is 29.1 Å². The second kappa shape index (κ2) is 5.00. The summed E-state index contributed by atoms with van der Waals surface area (Å²) in [5.41, 5.74) is 1.03. The van der Waals surface area contributed by atoms with E-state index < -0.39 is 0 Å². The van der Waals surface area contributed by atoms with E-state index in [0.717, 1.165) is 23.7 Å². The maximum Gasteiger partial charge on any atom is 0.137 e. The predicted molar refractivity (Wildman–Crippen MR) is 66.8 cm³/mol. The number of halogens is 1. The molecule has 3 nitrogen and oxygen atoms in total. The number of hydrogen-bond acceptors (Lipinski definition) is 3. The van der Waals surface area contributed by atoms with Gasteiger partial charge >= 0.3 is 0 Å². The predicted octanol–water partition coefficient (Wildman–Crippen LogP) is 3.29. The van der Waals surface area contributed by atoms with Gasteiger partial charge in [0.15, 0.2) is 0 Å². The lowest BCUT2D eigenvalue weighted by Crippen LogP contribution is -2.17. The van der Waals surface area contributed by atoms with Gasteiger partial charge in [-0.1, -0.05) is 25.4 Å². The smallest absolute Gasteiger partial charge is 0.137 e. The first-order chi connectivity index (χ1) is 7.70. The summed E-state index contributed by atoms with van der Waals surface area (Å²) in [6.45, 7) is 4.38. The molecule has 1 saturated carbocycles. The summed E-state index contributed by atoms with van der Waals surface area (Å²) >= 11 is 6.05. The summed E-state index contributed by atoms with van der Waals surface area (Å²) in [5.74, 6) is 1.74. The van der Waals surface area contributed by atoms with Crippen LogP contribution in [-0.4, -0.2) is 16.0 Å². The van der Waals surface area contributed by atoms with E-state index in [1.54, 1.807) is 0 Å². The lowest BCUT2D eigenvalue weighted by molar-refractivity contribution is 0.602. The molecule has 16 heavy (non-hydrogen) atoms. The van der Waals surface area contributed by atoms with E-state index in [0.29, 0.717) is 11.2 Å². The van der Waals surface area contributed by atoms with Gasteiger partial charge < -0.3 is 5.32 Å². The third-order valence-corrected chi connectivity index (χ3v) is 3.61. The number of nitrogens with zero attached hydrogens (tertiary/aromatic N) is 2. The molecule has 2 rings (SSSR count). The standard InChI is InChI=1S/C12H18ClN3/c1-3-10-11(13)14-7-15-12(10)16-9-5-4-8(2)6-9/h7-9H,3-6H2,1-2H3,(H,14,15,16). The highest BCUT2D eigenvalue weighted by Crippen LogP contribution is 2.29. The Morgan fingerprint density at radius 2 is 2.25 bits per heavy atom. The lowest BCUT2D eigenvalue weighted by Gasteiger charge is -2.15. The first-order valence-corrected chi connectivity index (χ1v) is 6.34.